The molecule has 0 aliphatic heterocycles. The number of methoxy groups -OCH3 is 1. The minimum absolute atomic E-state index is 0.414. The summed E-state index contributed by atoms with van der Waals surface area (Å²) in [5, 5.41) is 4.81. The van der Waals surface area contributed by atoms with Gasteiger partial charge < -0.3 is 14.8 Å². The van der Waals surface area contributed by atoms with Crippen LogP contribution in [0.1, 0.15) is 11.1 Å². The Morgan fingerprint density at radius 1 is 0.815 bits per heavy atom. The van der Waals surface area contributed by atoms with Crippen molar-refractivity contribution in [2.45, 2.75) is 13.2 Å². The van der Waals surface area contributed by atoms with E-state index in [0.29, 0.717) is 39.7 Å². The zero-order valence-electron chi connectivity index (χ0n) is 14.6. The highest BCUT2D eigenvalue weighted by Crippen LogP contribution is 2.37. The highest BCUT2D eigenvalue weighted by atomic mass is 35.5. The third-order valence-electron chi connectivity index (χ3n) is 3.93. The van der Waals surface area contributed by atoms with Crippen molar-refractivity contribution in [2.75, 3.05) is 12.4 Å². The monoisotopic (exact) mass is 421 g/mol. The number of ether oxygens (including phenoxy) is 2. The third-order valence-corrected chi connectivity index (χ3v) is 4.95. The van der Waals surface area contributed by atoms with Gasteiger partial charge in [0.25, 0.3) is 0 Å². The van der Waals surface area contributed by atoms with E-state index in [4.69, 9.17) is 44.3 Å². The number of anilines is 1. The molecule has 0 aliphatic carbocycles. The van der Waals surface area contributed by atoms with E-state index in [1.54, 1.807) is 19.2 Å². The van der Waals surface area contributed by atoms with Gasteiger partial charge in [-0.05, 0) is 41.5 Å². The van der Waals surface area contributed by atoms with Crippen LogP contribution < -0.4 is 14.8 Å². The maximum absolute atomic E-state index is 6.44. The summed E-state index contributed by atoms with van der Waals surface area (Å²) in [5.74, 6) is 1.12. The summed E-state index contributed by atoms with van der Waals surface area (Å²) in [6.07, 6.45) is 0. The fourth-order valence-corrected chi connectivity index (χ4v) is 3.14. The molecule has 1 N–H and O–H groups in total. The highest BCUT2D eigenvalue weighted by molar-refractivity contribution is 6.42. The predicted molar refractivity (Wildman–Crippen MR) is 113 cm³/mol. The van der Waals surface area contributed by atoms with Gasteiger partial charge in [0.15, 0.2) is 11.5 Å². The Kier molecular flexibility index (Phi) is 6.73. The highest BCUT2D eigenvalue weighted by Gasteiger charge is 2.12. The van der Waals surface area contributed by atoms with Crippen LogP contribution in [0.2, 0.25) is 15.1 Å². The first-order chi connectivity index (χ1) is 13.1. The fourth-order valence-electron chi connectivity index (χ4n) is 2.56. The van der Waals surface area contributed by atoms with Crippen molar-refractivity contribution in [3.05, 3.63) is 86.9 Å². The van der Waals surface area contributed by atoms with Crippen LogP contribution >= 0.6 is 34.8 Å². The lowest BCUT2D eigenvalue weighted by atomic mass is 10.2. The number of rotatable bonds is 7. The predicted octanol–water partition coefficient (Wildman–Crippen LogP) is 6.85. The Morgan fingerprint density at radius 3 is 2.30 bits per heavy atom. The summed E-state index contributed by atoms with van der Waals surface area (Å²) < 4.78 is 11.3. The summed E-state index contributed by atoms with van der Waals surface area (Å²) in [5.41, 5.74) is 2.87. The van der Waals surface area contributed by atoms with Gasteiger partial charge in [0, 0.05) is 12.2 Å². The summed E-state index contributed by atoms with van der Waals surface area (Å²) in [4.78, 5) is 0. The Hall–Kier alpha value is -2.07. The van der Waals surface area contributed by atoms with Crippen LogP contribution in [0.15, 0.2) is 60.7 Å². The Morgan fingerprint density at radius 2 is 1.59 bits per heavy atom. The van der Waals surface area contributed by atoms with E-state index in [9.17, 15) is 0 Å². The number of benzene rings is 3. The van der Waals surface area contributed by atoms with Crippen molar-refractivity contribution in [1.29, 1.82) is 0 Å². The molecule has 3 aromatic rings. The molecule has 0 aliphatic rings. The molecule has 0 amide bonds. The summed E-state index contributed by atoms with van der Waals surface area (Å²) in [6, 6.07) is 19.0. The van der Waals surface area contributed by atoms with Crippen molar-refractivity contribution in [3.8, 4) is 11.5 Å². The largest absolute Gasteiger partial charge is 0.493 e. The first-order valence-electron chi connectivity index (χ1n) is 8.29. The first kappa shape index (κ1) is 19.7. The van der Waals surface area contributed by atoms with Crippen LogP contribution in [-0.4, -0.2) is 7.11 Å². The van der Waals surface area contributed by atoms with E-state index in [0.717, 1.165) is 16.8 Å². The fraction of sp³-hybridized carbons (Fsp3) is 0.143. The lowest BCUT2D eigenvalue weighted by Crippen LogP contribution is -2.02. The quantitative estimate of drug-likeness (QED) is 0.452. The second-order valence-corrected chi connectivity index (χ2v) is 7.09. The molecule has 0 aromatic heterocycles. The van der Waals surface area contributed by atoms with Crippen molar-refractivity contribution in [3.63, 3.8) is 0 Å². The van der Waals surface area contributed by atoms with E-state index in [1.165, 1.54) is 0 Å². The van der Waals surface area contributed by atoms with Crippen LogP contribution in [0.3, 0.4) is 0 Å². The molecule has 3 rings (SSSR count). The third kappa shape index (κ3) is 5.23. The molecule has 0 unspecified atom stereocenters. The summed E-state index contributed by atoms with van der Waals surface area (Å²) in [6.45, 7) is 0.963. The molecule has 27 heavy (non-hydrogen) atoms. The van der Waals surface area contributed by atoms with Crippen LogP contribution in [-0.2, 0) is 13.2 Å². The summed E-state index contributed by atoms with van der Waals surface area (Å²) >= 11 is 18.4. The number of hydrogen-bond donors (Lipinski definition) is 1. The van der Waals surface area contributed by atoms with Crippen molar-refractivity contribution in [1.82, 2.24) is 0 Å². The van der Waals surface area contributed by atoms with E-state index in [1.807, 2.05) is 48.5 Å². The molecule has 0 heterocycles. The van der Waals surface area contributed by atoms with E-state index >= 15 is 0 Å². The van der Waals surface area contributed by atoms with Gasteiger partial charge in [0.1, 0.15) is 6.61 Å². The molecule has 0 radical (unpaired) electrons. The Balaban J connectivity index is 1.72. The maximum atomic E-state index is 6.44. The molecular weight excluding hydrogens is 405 g/mol. The second kappa shape index (κ2) is 9.23. The van der Waals surface area contributed by atoms with Crippen LogP contribution in [0.5, 0.6) is 11.5 Å². The van der Waals surface area contributed by atoms with Gasteiger partial charge in [0.05, 0.1) is 22.2 Å². The van der Waals surface area contributed by atoms with Gasteiger partial charge in [-0.25, -0.2) is 0 Å². The first-order valence-corrected chi connectivity index (χ1v) is 9.42. The molecule has 0 atom stereocenters. The molecule has 6 heteroatoms. The summed E-state index contributed by atoms with van der Waals surface area (Å²) in [7, 11) is 1.59. The molecule has 0 saturated carbocycles. The van der Waals surface area contributed by atoms with Gasteiger partial charge in [-0.2, -0.15) is 0 Å². The average molecular weight is 423 g/mol. The Bertz CT molecular complexity index is 917. The van der Waals surface area contributed by atoms with Gasteiger partial charge in [0.2, 0.25) is 0 Å². The smallest absolute Gasteiger partial charge is 0.180 e. The van der Waals surface area contributed by atoms with Gasteiger partial charge >= 0.3 is 0 Å². The van der Waals surface area contributed by atoms with Gasteiger partial charge in [-0.15, -0.1) is 0 Å². The number of halogens is 3. The molecule has 140 valence electrons. The Labute approximate surface area is 173 Å². The lowest BCUT2D eigenvalue weighted by molar-refractivity contribution is 0.284. The maximum Gasteiger partial charge on any atom is 0.180 e. The minimum Gasteiger partial charge on any atom is -0.493 e. The topological polar surface area (TPSA) is 30.5 Å². The number of hydrogen-bond acceptors (Lipinski definition) is 3. The molecule has 3 aromatic carbocycles. The standard InChI is InChI=1S/C21H18Cl3NO2/c1-26-20-10-15(12-25-16-7-8-17(22)18(23)11-16)9-19(24)21(20)27-13-14-5-3-2-4-6-14/h2-11,25H,12-13H2,1H3. The van der Waals surface area contributed by atoms with E-state index < -0.39 is 0 Å². The van der Waals surface area contributed by atoms with Gasteiger partial charge in [-0.1, -0.05) is 65.1 Å². The molecule has 0 bridgehead atoms. The van der Waals surface area contributed by atoms with Crippen molar-refractivity contribution in [2.24, 2.45) is 0 Å². The molecule has 0 saturated heterocycles. The molecule has 0 fully saturated rings. The van der Waals surface area contributed by atoms with Crippen LogP contribution in [0.4, 0.5) is 5.69 Å². The van der Waals surface area contributed by atoms with Crippen molar-refractivity contribution < 1.29 is 9.47 Å². The average Bonchev–Trinajstić information content (AvgIpc) is 2.68. The molecule has 0 spiro atoms. The second-order valence-electron chi connectivity index (χ2n) is 5.87. The minimum atomic E-state index is 0.414. The number of nitrogens with one attached hydrogen (secondary N) is 1. The normalized spacial score (nSPS) is 10.5. The van der Waals surface area contributed by atoms with Crippen LogP contribution in [0.25, 0.3) is 0 Å². The zero-order chi connectivity index (χ0) is 19.2. The van der Waals surface area contributed by atoms with Crippen LogP contribution in [0, 0.1) is 0 Å². The molecular formula is C21H18Cl3NO2. The van der Waals surface area contributed by atoms with Gasteiger partial charge in [-0.3, -0.25) is 0 Å². The lowest BCUT2D eigenvalue weighted by Gasteiger charge is -2.15. The molecule has 3 nitrogen and oxygen atoms in total. The van der Waals surface area contributed by atoms with E-state index in [-0.39, 0.29) is 0 Å². The van der Waals surface area contributed by atoms with Crippen molar-refractivity contribution >= 4 is 40.5 Å². The SMILES string of the molecule is COc1cc(CNc2ccc(Cl)c(Cl)c2)cc(Cl)c1OCc1ccccc1. The zero-order valence-corrected chi connectivity index (χ0v) is 16.9. The van der Waals surface area contributed by atoms with E-state index in [2.05, 4.69) is 5.32 Å².